The van der Waals surface area contributed by atoms with E-state index in [9.17, 15) is 9.18 Å². The summed E-state index contributed by atoms with van der Waals surface area (Å²) in [5, 5.41) is 7.00. The summed E-state index contributed by atoms with van der Waals surface area (Å²) in [7, 11) is 1.79. The highest BCUT2D eigenvalue weighted by Gasteiger charge is 2.39. The zero-order valence-electron chi connectivity index (χ0n) is 17.4. The molecule has 2 saturated carbocycles. The number of carbonyl (C=O) groups is 1. The third-order valence-electron chi connectivity index (χ3n) is 7.13. The Morgan fingerprint density at radius 3 is 2.52 bits per heavy atom. The van der Waals surface area contributed by atoms with Crippen molar-refractivity contribution in [3.8, 4) is 0 Å². The molecule has 5 nitrogen and oxygen atoms in total. The van der Waals surface area contributed by atoms with Crippen molar-refractivity contribution in [1.82, 2.24) is 15.5 Å². The van der Waals surface area contributed by atoms with E-state index >= 15 is 0 Å². The number of amides is 1. The fraction of sp³-hybridized carbons (Fsp3) is 0.652. The lowest BCUT2D eigenvalue weighted by Gasteiger charge is -2.43. The first-order valence-electron chi connectivity index (χ1n) is 11.1. The van der Waals surface area contributed by atoms with Crippen LogP contribution in [0.4, 0.5) is 4.39 Å². The Kier molecular flexibility index (Phi) is 6.07. The summed E-state index contributed by atoms with van der Waals surface area (Å²) in [6.45, 7) is 2.39. The second-order valence-corrected chi connectivity index (χ2v) is 8.96. The SMILES string of the molecule is CN=C(NCC1(c2ccc(F)cc2)CCC1)NC1CCN(C(=O)C2CCCC2)C1. The third-order valence-corrected chi connectivity index (χ3v) is 7.13. The first-order valence-corrected chi connectivity index (χ1v) is 11.1. The fourth-order valence-electron chi connectivity index (χ4n) is 5.12. The van der Waals surface area contributed by atoms with Gasteiger partial charge < -0.3 is 15.5 Å². The van der Waals surface area contributed by atoms with Crippen molar-refractivity contribution >= 4 is 11.9 Å². The normalized spacial score (nSPS) is 24.4. The van der Waals surface area contributed by atoms with E-state index in [-0.39, 0.29) is 23.2 Å². The number of halogens is 1. The van der Waals surface area contributed by atoms with Gasteiger partial charge in [-0.25, -0.2) is 4.39 Å². The van der Waals surface area contributed by atoms with E-state index < -0.39 is 0 Å². The minimum Gasteiger partial charge on any atom is -0.356 e. The topological polar surface area (TPSA) is 56.7 Å². The van der Waals surface area contributed by atoms with Crippen LogP contribution in [0.3, 0.4) is 0 Å². The third kappa shape index (κ3) is 4.41. The number of nitrogens with zero attached hydrogens (tertiary/aromatic N) is 2. The Labute approximate surface area is 173 Å². The van der Waals surface area contributed by atoms with Gasteiger partial charge in [0, 0.05) is 44.1 Å². The average molecular weight is 401 g/mol. The Bertz CT molecular complexity index is 738. The van der Waals surface area contributed by atoms with Crippen molar-refractivity contribution in [1.29, 1.82) is 0 Å². The van der Waals surface area contributed by atoms with Crippen LogP contribution >= 0.6 is 0 Å². The number of rotatable bonds is 5. The molecule has 2 aliphatic carbocycles. The van der Waals surface area contributed by atoms with E-state index in [1.807, 2.05) is 17.0 Å². The molecule has 3 aliphatic rings. The van der Waals surface area contributed by atoms with Crippen LogP contribution in [-0.2, 0) is 10.2 Å². The molecule has 6 heteroatoms. The molecule has 158 valence electrons. The van der Waals surface area contributed by atoms with E-state index in [1.165, 1.54) is 24.8 Å². The summed E-state index contributed by atoms with van der Waals surface area (Å²) in [6, 6.07) is 7.18. The molecule has 1 saturated heterocycles. The molecule has 1 unspecified atom stereocenters. The van der Waals surface area contributed by atoms with Gasteiger partial charge in [0.1, 0.15) is 5.82 Å². The number of hydrogen-bond donors (Lipinski definition) is 2. The van der Waals surface area contributed by atoms with Crippen LogP contribution in [0, 0.1) is 11.7 Å². The van der Waals surface area contributed by atoms with Gasteiger partial charge in [0.15, 0.2) is 5.96 Å². The van der Waals surface area contributed by atoms with Crippen LogP contribution in [0.1, 0.15) is 56.9 Å². The smallest absolute Gasteiger partial charge is 0.225 e. The predicted octanol–water partition coefficient (Wildman–Crippen LogP) is 3.20. The number of nitrogens with one attached hydrogen (secondary N) is 2. The lowest BCUT2D eigenvalue weighted by Crippen LogP contribution is -2.51. The van der Waals surface area contributed by atoms with E-state index in [4.69, 9.17) is 0 Å². The zero-order chi connectivity index (χ0) is 20.3. The first-order chi connectivity index (χ1) is 14.1. The molecule has 29 heavy (non-hydrogen) atoms. The second kappa shape index (κ2) is 8.72. The first kappa shape index (κ1) is 20.2. The molecule has 1 aromatic rings. The van der Waals surface area contributed by atoms with E-state index in [2.05, 4.69) is 15.6 Å². The van der Waals surface area contributed by atoms with Gasteiger partial charge in [-0.3, -0.25) is 9.79 Å². The van der Waals surface area contributed by atoms with E-state index in [0.29, 0.717) is 5.91 Å². The molecule has 0 radical (unpaired) electrons. The predicted molar refractivity (Wildman–Crippen MR) is 113 cm³/mol. The van der Waals surface area contributed by atoms with Crippen LogP contribution in [-0.4, -0.2) is 49.5 Å². The summed E-state index contributed by atoms with van der Waals surface area (Å²) < 4.78 is 13.3. The maximum absolute atomic E-state index is 13.3. The molecule has 2 N–H and O–H groups in total. The lowest BCUT2D eigenvalue weighted by atomic mass is 9.64. The van der Waals surface area contributed by atoms with Crippen LogP contribution in [0.15, 0.2) is 29.3 Å². The second-order valence-electron chi connectivity index (χ2n) is 8.96. The fourth-order valence-corrected chi connectivity index (χ4v) is 5.12. The molecule has 0 bridgehead atoms. The minimum atomic E-state index is -0.188. The molecule has 4 rings (SSSR count). The number of carbonyl (C=O) groups excluding carboxylic acids is 1. The molecule has 0 spiro atoms. The standard InChI is InChI=1S/C23H33FN4O/c1-25-22(26-16-23(12-4-13-23)18-7-9-19(24)10-8-18)27-20-11-14-28(15-20)21(29)17-5-2-3-6-17/h7-10,17,20H,2-6,11-16H2,1H3,(H2,25,26,27). The quantitative estimate of drug-likeness (QED) is 0.590. The molecule has 0 aromatic heterocycles. The number of benzene rings is 1. The molecular weight excluding hydrogens is 367 g/mol. The van der Waals surface area contributed by atoms with Gasteiger partial charge in [0.2, 0.25) is 5.91 Å². The van der Waals surface area contributed by atoms with Crippen LogP contribution in [0.5, 0.6) is 0 Å². The average Bonchev–Trinajstić information content (AvgIpc) is 3.39. The molecule has 1 aliphatic heterocycles. The summed E-state index contributed by atoms with van der Waals surface area (Å²) in [4.78, 5) is 19.1. The summed E-state index contributed by atoms with van der Waals surface area (Å²) in [5.41, 5.74) is 1.26. The Hall–Kier alpha value is -2.11. The number of guanidine groups is 1. The Morgan fingerprint density at radius 1 is 1.17 bits per heavy atom. The van der Waals surface area contributed by atoms with Crippen molar-refractivity contribution in [2.45, 2.75) is 62.8 Å². The largest absolute Gasteiger partial charge is 0.356 e. The van der Waals surface area contributed by atoms with Crippen LogP contribution < -0.4 is 10.6 Å². The van der Waals surface area contributed by atoms with Crippen LogP contribution in [0.25, 0.3) is 0 Å². The van der Waals surface area contributed by atoms with Gasteiger partial charge in [-0.05, 0) is 49.8 Å². The van der Waals surface area contributed by atoms with Crippen molar-refractivity contribution < 1.29 is 9.18 Å². The lowest BCUT2D eigenvalue weighted by molar-refractivity contribution is -0.134. The molecule has 1 amide bonds. The van der Waals surface area contributed by atoms with Gasteiger partial charge in [-0.15, -0.1) is 0 Å². The Morgan fingerprint density at radius 2 is 1.90 bits per heavy atom. The van der Waals surface area contributed by atoms with Crippen LogP contribution in [0.2, 0.25) is 0 Å². The molecular formula is C23H33FN4O. The highest BCUT2D eigenvalue weighted by atomic mass is 19.1. The van der Waals surface area contributed by atoms with Crippen molar-refractivity contribution in [2.75, 3.05) is 26.7 Å². The van der Waals surface area contributed by atoms with Gasteiger partial charge in [0.25, 0.3) is 0 Å². The van der Waals surface area contributed by atoms with Gasteiger partial charge >= 0.3 is 0 Å². The van der Waals surface area contributed by atoms with Gasteiger partial charge in [-0.1, -0.05) is 31.4 Å². The van der Waals surface area contributed by atoms with Crippen molar-refractivity contribution in [2.24, 2.45) is 10.9 Å². The highest BCUT2D eigenvalue weighted by molar-refractivity contribution is 5.81. The number of aliphatic imine (C=N–C) groups is 1. The summed E-state index contributed by atoms with van der Waals surface area (Å²) in [6.07, 6.45) is 8.88. The highest BCUT2D eigenvalue weighted by Crippen LogP contribution is 2.43. The molecule has 3 fully saturated rings. The van der Waals surface area contributed by atoms with Crippen molar-refractivity contribution in [3.63, 3.8) is 0 Å². The zero-order valence-corrected chi connectivity index (χ0v) is 17.4. The summed E-state index contributed by atoms with van der Waals surface area (Å²) in [5.74, 6) is 1.20. The number of hydrogen-bond acceptors (Lipinski definition) is 2. The van der Waals surface area contributed by atoms with E-state index in [1.54, 1.807) is 19.2 Å². The minimum absolute atomic E-state index is 0.0610. The molecule has 1 heterocycles. The van der Waals surface area contributed by atoms with Crippen molar-refractivity contribution in [3.05, 3.63) is 35.6 Å². The molecule has 1 atom stereocenters. The Balaban J connectivity index is 1.30. The monoisotopic (exact) mass is 400 g/mol. The maximum Gasteiger partial charge on any atom is 0.225 e. The van der Waals surface area contributed by atoms with Gasteiger partial charge in [0.05, 0.1) is 0 Å². The van der Waals surface area contributed by atoms with E-state index in [0.717, 1.165) is 57.7 Å². The number of likely N-dealkylation sites (tertiary alicyclic amines) is 1. The summed E-state index contributed by atoms with van der Waals surface area (Å²) >= 11 is 0. The molecule has 1 aromatic carbocycles. The van der Waals surface area contributed by atoms with Gasteiger partial charge in [-0.2, -0.15) is 0 Å². The maximum atomic E-state index is 13.3.